The van der Waals surface area contributed by atoms with E-state index in [2.05, 4.69) is 39.1 Å². The van der Waals surface area contributed by atoms with E-state index < -0.39 is 5.60 Å². The molecule has 3 saturated heterocycles. The number of aliphatic hydroxyl groups is 1. The molecular formula is C29H37N7O3. The second kappa shape index (κ2) is 8.89. The number of likely N-dealkylation sites (N-methyl/N-ethyl adjacent to an activating group) is 1. The van der Waals surface area contributed by atoms with Gasteiger partial charge >= 0.3 is 0 Å². The second-order valence-electron chi connectivity index (χ2n) is 12.5. The summed E-state index contributed by atoms with van der Waals surface area (Å²) < 4.78 is 3.22. The zero-order valence-corrected chi connectivity index (χ0v) is 22.8. The minimum absolute atomic E-state index is 0.153. The number of piperidine rings is 1. The molecule has 0 spiro atoms. The molecule has 1 amide bonds. The number of aromatic nitrogens is 4. The molecule has 5 heterocycles. The number of carbonyl (C=O) groups is 1. The maximum atomic E-state index is 13.4. The molecule has 1 saturated carbocycles. The summed E-state index contributed by atoms with van der Waals surface area (Å²) in [7, 11) is 2.24. The van der Waals surface area contributed by atoms with Crippen LogP contribution in [0.25, 0.3) is 16.7 Å². The Morgan fingerprint density at radius 2 is 1.77 bits per heavy atom. The smallest absolute Gasteiger partial charge is 0.264 e. The molecule has 1 aromatic carbocycles. The summed E-state index contributed by atoms with van der Waals surface area (Å²) in [5.41, 5.74) is 1.08. The summed E-state index contributed by atoms with van der Waals surface area (Å²) in [6.07, 6.45) is 8.38. The quantitative estimate of drug-likeness (QED) is 0.538. The Morgan fingerprint density at radius 3 is 2.46 bits per heavy atom. The van der Waals surface area contributed by atoms with E-state index in [-0.39, 0.29) is 23.4 Å². The Labute approximate surface area is 227 Å². The van der Waals surface area contributed by atoms with Gasteiger partial charge in [-0.05, 0) is 63.8 Å². The van der Waals surface area contributed by atoms with Gasteiger partial charge in [-0.25, -0.2) is 9.67 Å². The van der Waals surface area contributed by atoms with Crippen molar-refractivity contribution in [2.45, 2.75) is 69.7 Å². The number of nitrogens with zero attached hydrogens (tertiary/aromatic N) is 7. The van der Waals surface area contributed by atoms with Crippen LogP contribution in [-0.4, -0.2) is 91.1 Å². The van der Waals surface area contributed by atoms with Gasteiger partial charge in [0.15, 0.2) is 5.65 Å². The van der Waals surface area contributed by atoms with Gasteiger partial charge in [0.05, 0.1) is 24.0 Å². The van der Waals surface area contributed by atoms with Crippen LogP contribution in [-0.2, 0) is 11.3 Å². The molecule has 2 atom stereocenters. The lowest BCUT2D eigenvalue weighted by molar-refractivity contribution is -0.141. The van der Waals surface area contributed by atoms with Crippen LogP contribution in [0.5, 0.6) is 0 Å². The fourth-order valence-electron chi connectivity index (χ4n) is 6.78. The van der Waals surface area contributed by atoms with Crippen molar-refractivity contribution in [3.05, 3.63) is 47.1 Å². The van der Waals surface area contributed by atoms with Gasteiger partial charge in [0, 0.05) is 49.4 Å². The van der Waals surface area contributed by atoms with Crippen LogP contribution in [0.4, 0.5) is 5.69 Å². The van der Waals surface area contributed by atoms with Gasteiger partial charge in [0.1, 0.15) is 11.7 Å². The summed E-state index contributed by atoms with van der Waals surface area (Å²) >= 11 is 0. The molecular weight excluding hydrogens is 494 g/mol. The predicted octanol–water partition coefficient (Wildman–Crippen LogP) is 2.02. The van der Waals surface area contributed by atoms with Gasteiger partial charge in [-0.15, -0.1) is 0 Å². The van der Waals surface area contributed by atoms with Gasteiger partial charge < -0.3 is 14.9 Å². The summed E-state index contributed by atoms with van der Waals surface area (Å²) in [6, 6.07) is 9.50. The van der Waals surface area contributed by atoms with Gasteiger partial charge in [-0.3, -0.25) is 19.1 Å². The van der Waals surface area contributed by atoms with Crippen LogP contribution in [0.1, 0.15) is 45.4 Å². The van der Waals surface area contributed by atoms with Gasteiger partial charge in [0.2, 0.25) is 5.91 Å². The third-order valence-corrected chi connectivity index (χ3v) is 9.80. The molecule has 7 rings (SSSR count). The predicted molar refractivity (Wildman–Crippen MR) is 148 cm³/mol. The molecule has 206 valence electrons. The first-order chi connectivity index (χ1) is 18.7. The maximum absolute atomic E-state index is 13.4. The Kier molecular flexibility index (Phi) is 5.65. The zero-order chi connectivity index (χ0) is 26.9. The first-order valence-corrected chi connectivity index (χ1v) is 14.3. The van der Waals surface area contributed by atoms with Crippen molar-refractivity contribution >= 4 is 22.6 Å². The monoisotopic (exact) mass is 531 g/mol. The Balaban J connectivity index is 1.09. The van der Waals surface area contributed by atoms with Gasteiger partial charge in [0.25, 0.3) is 5.56 Å². The van der Waals surface area contributed by atoms with E-state index in [9.17, 15) is 14.7 Å². The number of hydrogen-bond donors (Lipinski definition) is 1. The Hall–Kier alpha value is -3.24. The van der Waals surface area contributed by atoms with Crippen LogP contribution in [0, 0.1) is 5.41 Å². The lowest BCUT2D eigenvalue weighted by Crippen LogP contribution is -2.52. The number of hydrogen-bond acceptors (Lipinski definition) is 7. The van der Waals surface area contributed by atoms with E-state index in [0.717, 1.165) is 37.3 Å². The number of amides is 1. The molecule has 39 heavy (non-hydrogen) atoms. The number of anilines is 1. The average Bonchev–Trinajstić information content (AvgIpc) is 3.49. The molecule has 10 heteroatoms. The molecule has 1 aliphatic carbocycles. The lowest BCUT2D eigenvalue weighted by atomic mass is 9.90. The van der Waals surface area contributed by atoms with E-state index in [4.69, 9.17) is 0 Å². The lowest BCUT2D eigenvalue weighted by Gasteiger charge is -2.40. The number of piperazine rings is 1. The van der Waals surface area contributed by atoms with Crippen LogP contribution in [0.15, 0.2) is 41.6 Å². The highest BCUT2D eigenvalue weighted by atomic mass is 16.3. The van der Waals surface area contributed by atoms with E-state index in [1.54, 1.807) is 10.9 Å². The number of carbonyl (C=O) groups excluding carboxylic acids is 1. The molecule has 2 unspecified atom stereocenters. The van der Waals surface area contributed by atoms with Crippen LogP contribution in [0.3, 0.4) is 0 Å². The number of fused-ring (bicyclic) bond motifs is 3. The topological polar surface area (TPSA) is 99.7 Å². The Morgan fingerprint density at radius 1 is 1.08 bits per heavy atom. The fourth-order valence-corrected chi connectivity index (χ4v) is 6.78. The summed E-state index contributed by atoms with van der Waals surface area (Å²) in [5, 5.41) is 16.2. The zero-order valence-electron chi connectivity index (χ0n) is 22.8. The van der Waals surface area contributed by atoms with Gasteiger partial charge in [-0.1, -0.05) is 13.0 Å². The van der Waals surface area contributed by atoms with Crippen molar-refractivity contribution in [3.8, 4) is 5.69 Å². The van der Waals surface area contributed by atoms with Crippen molar-refractivity contribution < 1.29 is 9.90 Å². The van der Waals surface area contributed by atoms with E-state index in [1.165, 1.54) is 23.7 Å². The third-order valence-electron chi connectivity index (χ3n) is 9.80. The molecule has 3 aliphatic heterocycles. The number of rotatable bonds is 5. The van der Waals surface area contributed by atoms with Crippen LogP contribution in [0.2, 0.25) is 0 Å². The van der Waals surface area contributed by atoms with Crippen LogP contribution >= 0.6 is 0 Å². The standard InChI is InChI=1S/C29H37N7O3/c1-28(8-9-28)27(38)33-12-10-29(39,11-13-33)18-35-19-30-25-24(26(35)37)15-31-36(25)21-5-3-4-20(14-21)34-16-22-6-7-23(17-34)32(22)2/h3-5,14-15,19,22-23,39H,6-13,16-18H2,1-2H3. The molecule has 2 bridgehead atoms. The summed E-state index contributed by atoms with van der Waals surface area (Å²) in [5.74, 6) is 0.196. The minimum atomic E-state index is -1.05. The first-order valence-electron chi connectivity index (χ1n) is 14.3. The summed E-state index contributed by atoms with van der Waals surface area (Å²) in [6.45, 7) is 5.24. The largest absolute Gasteiger partial charge is 0.388 e. The van der Waals surface area contributed by atoms with Gasteiger partial charge in [-0.2, -0.15) is 5.10 Å². The fraction of sp³-hybridized carbons (Fsp3) is 0.586. The molecule has 4 aliphatic rings. The molecule has 4 fully saturated rings. The molecule has 0 radical (unpaired) electrons. The molecule has 2 aromatic heterocycles. The molecule has 10 nitrogen and oxygen atoms in total. The van der Waals surface area contributed by atoms with Crippen molar-refractivity contribution in [2.24, 2.45) is 5.41 Å². The minimum Gasteiger partial charge on any atom is -0.388 e. The SMILES string of the molecule is CN1C2CCC1CN(c1cccc(-n3ncc4c(=O)n(CC5(O)CCN(C(=O)C6(C)CC6)CC5)cnc43)c1)C2. The van der Waals surface area contributed by atoms with Crippen molar-refractivity contribution in [1.82, 2.24) is 29.1 Å². The highest BCUT2D eigenvalue weighted by molar-refractivity contribution is 5.85. The number of likely N-dealkylation sites (tertiary alicyclic amines) is 1. The van der Waals surface area contributed by atoms with Crippen LogP contribution < -0.4 is 10.5 Å². The highest BCUT2D eigenvalue weighted by Gasteiger charge is 2.48. The number of benzene rings is 1. The maximum Gasteiger partial charge on any atom is 0.264 e. The summed E-state index contributed by atoms with van der Waals surface area (Å²) in [4.78, 5) is 37.6. The van der Waals surface area contributed by atoms with Crippen molar-refractivity contribution in [1.29, 1.82) is 0 Å². The second-order valence-corrected chi connectivity index (χ2v) is 12.5. The average molecular weight is 532 g/mol. The van der Waals surface area contributed by atoms with E-state index in [0.29, 0.717) is 49.0 Å². The third kappa shape index (κ3) is 4.24. The molecule has 3 aromatic rings. The molecule has 1 N–H and O–H groups in total. The van der Waals surface area contributed by atoms with Crippen molar-refractivity contribution in [2.75, 3.05) is 38.1 Å². The van der Waals surface area contributed by atoms with E-state index in [1.807, 2.05) is 24.0 Å². The van der Waals surface area contributed by atoms with E-state index >= 15 is 0 Å². The highest BCUT2D eigenvalue weighted by Crippen LogP contribution is 2.47. The Bertz CT molecular complexity index is 1470. The first kappa shape index (κ1) is 24.8. The van der Waals surface area contributed by atoms with Crippen molar-refractivity contribution in [3.63, 3.8) is 0 Å². The normalized spacial score (nSPS) is 25.8.